The largest absolute Gasteiger partial charge is 0.392 e. The molecule has 0 spiro atoms. The van der Waals surface area contributed by atoms with Crippen LogP contribution in [0.15, 0.2) is 0 Å². The number of aliphatic hydroxyl groups is 1. The van der Waals surface area contributed by atoms with Gasteiger partial charge < -0.3 is 20.5 Å². The van der Waals surface area contributed by atoms with Crippen molar-refractivity contribution in [3.8, 4) is 0 Å². The predicted molar refractivity (Wildman–Crippen MR) is 125 cm³/mol. The van der Waals surface area contributed by atoms with E-state index in [1.54, 1.807) is 0 Å². The van der Waals surface area contributed by atoms with E-state index >= 15 is 0 Å². The van der Waals surface area contributed by atoms with E-state index in [1.165, 1.54) is 0 Å². The molecular weight excluding hydrogens is 504 g/mol. The third kappa shape index (κ3) is 6.12. The molecule has 5 rings (SSSR count). The van der Waals surface area contributed by atoms with E-state index in [0.29, 0.717) is 51.4 Å². The molecule has 206 valence electrons. The average Bonchev–Trinajstić information content (AvgIpc) is 2.83. The molecule has 3 N–H and O–H groups in total. The number of nitrogens with one attached hydrogen (secondary N) is 2. The van der Waals surface area contributed by atoms with Crippen LogP contribution in [0.1, 0.15) is 77.0 Å². The summed E-state index contributed by atoms with van der Waals surface area (Å²) < 4.78 is 58.7. The van der Waals surface area contributed by atoms with Crippen LogP contribution in [0.4, 0.5) is 17.6 Å². The third-order valence-electron chi connectivity index (χ3n) is 9.07. The summed E-state index contributed by atoms with van der Waals surface area (Å²) in [6.07, 6.45) is -2.04. The highest BCUT2D eigenvalue weighted by molar-refractivity contribution is 6.21. The molecule has 2 bridgehead atoms. The number of aliphatic hydroxyl groups excluding tert-OH is 1. The van der Waals surface area contributed by atoms with Crippen molar-refractivity contribution in [2.45, 2.75) is 113 Å². The Morgan fingerprint density at radius 1 is 1.06 bits per heavy atom. The lowest BCUT2D eigenvalue weighted by molar-refractivity contribution is -0.185. The SMILES string of the molecule is O=C(COC1CCC(Cl)C(F)C1)NC12CCC(C(=O)NCC3CCCC(C(F)(F)F)C3)(CC1)C(O)C2. The van der Waals surface area contributed by atoms with E-state index in [-0.39, 0.29) is 62.7 Å². The summed E-state index contributed by atoms with van der Waals surface area (Å²) in [6, 6.07) is 0. The number of fused-ring (bicyclic) bond motifs is 3. The minimum absolute atomic E-state index is 0.0237. The summed E-state index contributed by atoms with van der Waals surface area (Å²) in [5.74, 6) is -2.17. The molecule has 0 radical (unpaired) electrons. The molecule has 2 amide bonds. The van der Waals surface area contributed by atoms with E-state index < -0.39 is 40.7 Å². The maximum atomic E-state index is 13.8. The second-order valence-electron chi connectivity index (χ2n) is 11.5. The van der Waals surface area contributed by atoms with E-state index in [2.05, 4.69) is 10.6 Å². The van der Waals surface area contributed by atoms with Crippen molar-refractivity contribution in [2.24, 2.45) is 17.3 Å². The Balaban J connectivity index is 1.24. The molecule has 0 saturated heterocycles. The minimum atomic E-state index is -4.21. The Morgan fingerprint density at radius 3 is 2.42 bits per heavy atom. The molecule has 5 fully saturated rings. The van der Waals surface area contributed by atoms with Crippen molar-refractivity contribution >= 4 is 23.4 Å². The van der Waals surface area contributed by atoms with Gasteiger partial charge in [-0.15, -0.1) is 11.6 Å². The van der Waals surface area contributed by atoms with Gasteiger partial charge in [-0.2, -0.15) is 13.2 Å². The van der Waals surface area contributed by atoms with E-state index in [9.17, 15) is 32.3 Å². The molecule has 0 heterocycles. The Labute approximate surface area is 214 Å². The van der Waals surface area contributed by atoms with E-state index in [4.69, 9.17) is 16.3 Å². The van der Waals surface area contributed by atoms with Crippen LogP contribution >= 0.6 is 11.6 Å². The van der Waals surface area contributed by atoms with Crippen LogP contribution in [0.5, 0.6) is 0 Å². The first-order chi connectivity index (χ1) is 16.9. The molecule has 11 heteroatoms. The lowest BCUT2D eigenvalue weighted by atomic mass is 9.55. The van der Waals surface area contributed by atoms with Crippen molar-refractivity contribution in [3.63, 3.8) is 0 Å². The van der Waals surface area contributed by atoms with Crippen LogP contribution in [0.25, 0.3) is 0 Å². The standard InChI is InChI=1S/C25H37ClF4N2O4/c26-18-5-4-17(11-19(18)27)36-14-21(34)32-23-6-8-24(9-7-23,20(33)12-23)22(35)31-13-15-2-1-3-16(10-15)25(28,29)30/h15-20,33H,1-14H2,(H,31,35)(H,32,34). The summed E-state index contributed by atoms with van der Waals surface area (Å²) in [6.45, 7) is -0.0153. The van der Waals surface area contributed by atoms with Crippen LogP contribution < -0.4 is 10.6 Å². The van der Waals surface area contributed by atoms with Gasteiger partial charge in [-0.3, -0.25) is 9.59 Å². The number of rotatable bonds is 7. The number of carbonyl (C=O) groups excluding carboxylic acids is 2. The fourth-order valence-corrected chi connectivity index (χ4v) is 6.97. The van der Waals surface area contributed by atoms with Crippen molar-refractivity contribution in [2.75, 3.05) is 13.2 Å². The van der Waals surface area contributed by atoms with Gasteiger partial charge in [-0.05, 0) is 70.1 Å². The number of carbonyl (C=O) groups is 2. The number of alkyl halides is 5. The summed E-state index contributed by atoms with van der Waals surface area (Å²) in [4.78, 5) is 25.7. The third-order valence-corrected chi connectivity index (χ3v) is 9.56. The molecule has 0 aromatic carbocycles. The van der Waals surface area contributed by atoms with Crippen molar-refractivity contribution in [1.29, 1.82) is 0 Å². The molecule has 6 atom stereocenters. The molecule has 0 aromatic heterocycles. The first-order valence-corrected chi connectivity index (χ1v) is 13.6. The molecule has 36 heavy (non-hydrogen) atoms. The predicted octanol–water partition coefficient (Wildman–Crippen LogP) is 4.17. The Kier molecular flexibility index (Phi) is 8.47. The van der Waals surface area contributed by atoms with E-state index in [0.717, 1.165) is 0 Å². The number of halogens is 5. The normalized spacial score (nSPS) is 41.1. The van der Waals surface area contributed by atoms with Gasteiger partial charge in [0.1, 0.15) is 12.8 Å². The highest BCUT2D eigenvalue weighted by Crippen LogP contribution is 2.52. The molecule has 6 nitrogen and oxygen atoms in total. The lowest BCUT2D eigenvalue weighted by Gasteiger charge is -2.55. The lowest BCUT2D eigenvalue weighted by Crippen LogP contribution is -2.66. The summed E-state index contributed by atoms with van der Waals surface area (Å²) >= 11 is 5.89. The van der Waals surface area contributed by atoms with Crippen LogP contribution in [0.3, 0.4) is 0 Å². The number of hydrogen-bond acceptors (Lipinski definition) is 4. The van der Waals surface area contributed by atoms with Gasteiger partial charge in [-0.1, -0.05) is 6.42 Å². The molecule has 5 saturated carbocycles. The fourth-order valence-electron chi connectivity index (χ4n) is 6.74. The second kappa shape index (κ2) is 10.9. The fraction of sp³-hybridized carbons (Fsp3) is 0.920. The van der Waals surface area contributed by atoms with Gasteiger partial charge in [0.05, 0.1) is 28.9 Å². The van der Waals surface area contributed by atoms with Crippen LogP contribution in [-0.2, 0) is 14.3 Å². The van der Waals surface area contributed by atoms with Crippen molar-refractivity contribution in [1.82, 2.24) is 10.6 Å². The van der Waals surface area contributed by atoms with Crippen LogP contribution in [0.2, 0.25) is 0 Å². The highest BCUT2D eigenvalue weighted by atomic mass is 35.5. The van der Waals surface area contributed by atoms with Gasteiger partial charge in [0, 0.05) is 18.5 Å². The average molecular weight is 541 g/mol. The quantitative estimate of drug-likeness (QED) is 0.334. The van der Waals surface area contributed by atoms with Crippen molar-refractivity contribution < 1.29 is 37.0 Å². The smallest absolute Gasteiger partial charge is 0.391 e. The molecule has 5 aliphatic carbocycles. The highest BCUT2D eigenvalue weighted by Gasteiger charge is 2.58. The first-order valence-electron chi connectivity index (χ1n) is 13.2. The zero-order valence-electron chi connectivity index (χ0n) is 20.4. The minimum Gasteiger partial charge on any atom is -0.392 e. The maximum Gasteiger partial charge on any atom is 0.391 e. The summed E-state index contributed by atoms with van der Waals surface area (Å²) in [5, 5.41) is 16.2. The molecule has 5 aliphatic rings. The zero-order chi connectivity index (χ0) is 26.1. The van der Waals surface area contributed by atoms with Gasteiger partial charge in [-0.25, -0.2) is 4.39 Å². The van der Waals surface area contributed by atoms with Gasteiger partial charge in [0.25, 0.3) is 0 Å². The molecule has 6 unspecified atom stereocenters. The van der Waals surface area contributed by atoms with Gasteiger partial charge in [0.15, 0.2) is 0 Å². The Morgan fingerprint density at radius 2 is 1.78 bits per heavy atom. The maximum absolute atomic E-state index is 13.8. The van der Waals surface area contributed by atoms with Gasteiger partial charge >= 0.3 is 6.18 Å². The number of hydrogen-bond donors (Lipinski definition) is 3. The number of ether oxygens (including phenoxy) is 1. The second-order valence-corrected chi connectivity index (χ2v) is 12.0. The molecule has 0 aromatic rings. The first kappa shape index (κ1) is 27.9. The van der Waals surface area contributed by atoms with E-state index in [1.807, 2.05) is 0 Å². The van der Waals surface area contributed by atoms with Crippen molar-refractivity contribution in [3.05, 3.63) is 0 Å². The Bertz CT molecular complexity index is 805. The van der Waals surface area contributed by atoms with Gasteiger partial charge in [0.2, 0.25) is 11.8 Å². The van der Waals surface area contributed by atoms with Crippen LogP contribution in [0, 0.1) is 17.3 Å². The number of amides is 2. The molecular formula is C25H37ClF4N2O4. The summed E-state index contributed by atoms with van der Waals surface area (Å²) in [5.41, 5.74) is -1.60. The topological polar surface area (TPSA) is 87.7 Å². The monoisotopic (exact) mass is 540 g/mol. The van der Waals surface area contributed by atoms with Crippen LogP contribution in [-0.4, -0.2) is 65.5 Å². The Hall–Kier alpha value is -1.13. The summed E-state index contributed by atoms with van der Waals surface area (Å²) in [7, 11) is 0. The zero-order valence-corrected chi connectivity index (χ0v) is 21.2. The molecule has 0 aliphatic heterocycles.